The van der Waals surface area contributed by atoms with Crippen molar-refractivity contribution in [1.82, 2.24) is 25.0 Å². The van der Waals surface area contributed by atoms with Crippen LogP contribution < -0.4 is 10.6 Å². The van der Waals surface area contributed by atoms with Crippen LogP contribution in [0.4, 0.5) is 15.8 Å². The van der Waals surface area contributed by atoms with Gasteiger partial charge in [0, 0.05) is 12.4 Å². The van der Waals surface area contributed by atoms with E-state index in [2.05, 4.69) is 30.8 Å². The van der Waals surface area contributed by atoms with Crippen molar-refractivity contribution in [1.29, 1.82) is 0 Å². The molecular formula is C20H17ClFN7O2. The van der Waals surface area contributed by atoms with Crippen molar-refractivity contribution < 1.29 is 14.0 Å². The molecule has 0 spiro atoms. The fourth-order valence-corrected chi connectivity index (χ4v) is 3.03. The molecule has 0 aliphatic carbocycles. The third-order valence-corrected chi connectivity index (χ3v) is 4.39. The quantitative estimate of drug-likeness (QED) is 0.359. The van der Waals surface area contributed by atoms with E-state index in [4.69, 9.17) is 11.6 Å². The maximum atomic E-state index is 13.2. The predicted molar refractivity (Wildman–Crippen MR) is 115 cm³/mol. The lowest BCUT2D eigenvalue weighted by Crippen LogP contribution is -2.03. The third-order valence-electron chi connectivity index (χ3n) is 4.11. The van der Waals surface area contributed by atoms with E-state index in [0.29, 0.717) is 45.1 Å². The lowest BCUT2D eigenvalue weighted by atomic mass is 10.0. The highest BCUT2D eigenvalue weighted by Gasteiger charge is 2.12. The molecule has 0 saturated heterocycles. The molecule has 0 aliphatic heterocycles. The summed E-state index contributed by atoms with van der Waals surface area (Å²) in [6.45, 7) is 1.46. The summed E-state index contributed by atoms with van der Waals surface area (Å²) in [5, 5.41) is 14.0. The third kappa shape index (κ3) is 4.98. The van der Waals surface area contributed by atoms with E-state index in [1.54, 1.807) is 25.4 Å². The van der Waals surface area contributed by atoms with Crippen LogP contribution in [0.3, 0.4) is 0 Å². The predicted octanol–water partition coefficient (Wildman–Crippen LogP) is 3.50. The van der Waals surface area contributed by atoms with Crippen molar-refractivity contribution in [2.75, 3.05) is 17.7 Å². The van der Waals surface area contributed by atoms with E-state index in [-0.39, 0.29) is 11.6 Å². The number of fused-ring (bicyclic) bond motifs is 1. The first-order valence-corrected chi connectivity index (χ1v) is 9.31. The minimum Gasteiger partial charge on any atom is -0.386 e. The monoisotopic (exact) mass is 441 g/mol. The average molecular weight is 442 g/mol. The van der Waals surface area contributed by atoms with Gasteiger partial charge in [-0.15, -0.1) is 4.80 Å². The Morgan fingerprint density at radius 2 is 1.90 bits per heavy atom. The van der Waals surface area contributed by atoms with Gasteiger partial charge in [-0.25, -0.2) is 9.37 Å². The minimum absolute atomic E-state index is 0.109. The van der Waals surface area contributed by atoms with Gasteiger partial charge in [-0.05, 0) is 31.2 Å². The van der Waals surface area contributed by atoms with Crippen LogP contribution in [-0.4, -0.2) is 44.2 Å². The molecule has 0 atom stereocenters. The molecule has 0 saturated carbocycles. The molecule has 4 aromatic rings. The van der Waals surface area contributed by atoms with Gasteiger partial charge in [-0.3, -0.25) is 14.6 Å². The fraction of sp³-hybridized carbons (Fsp3) is 0.100. The van der Waals surface area contributed by atoms with Crippen LogP contribution in [-0.2, 0) is 4.79 Å². The molecular weight excluding hydrogens is 425 g/mol. The van der Waals surface area contributed by atoms with Crippen molar-refractivity contribution in [2.24, 2.45) is 0 Å². The second kappa shape index (κ2) is 9.72. The first-order chi connectivity index (χ1) is 14.9. The van der Waals surface area contributed by atoms with Crippen LogP contribution in [0.2, 0.25) is 5.02 Å². The largest absolute Gasteiger partial charge is 0.386 e. The molecule has 3 heterocycles. The molecule has 31 heavy (non-hydrogen) atoms. The lowest BCUT2D eigenvalue weighted by molar-refractivity contribution is -0.105. The maximum absolute atomic E-state index is 13.2. The highest BCUT2D eigenvalue weighted by atomic mass is 35.5. The number of carbonyl (C=O) groups excluding carboxylic acids is 2. The highest BCUT2D eigenvalue weighted by Crippen LogP contribution is 2.25. The van der Waals surface area contributed by atoms with Crippen LogP contribution in [0.15, 0.2) is 49.1 Å². The van der Waals surface area contributed by atoms with Gasteiger partial charge in [0.15, 0.2) is 11.6 Å². The Hall–Kier alpha value is -3.92. The van der Waals surface area contributed by atoms with Crippen molar-refractivity contribution in [3.8, 4) is 5.82 Å². The number of benzene rings is 1. The van der Waals surface area contributed by atoms with Crippen molar-refractivity contribution in [3.05, 3.63) is 65.5 Å². The van der Waals surface area contributed by atoms with Gasteiger partial charge in [0.2, 0.25) is 6.41 Å². The molecule has 158 valence electrons. The van der Waals surface area contributed by atoms with E-state index in [1.807, 2.05) is 0 Å². The van der Waals surface area contributed by atoms with Gasteiger partial charge < -0.3 is 10.6 Å². The van der Waals surface area contributed by atoms with Gasteiger partial charge in [0.05, 0.1) is 52.3 Å². The SMILES string of the molecule is CNc1cnc2ccc(F)cc2c1C(C)=O.O=CNc1cnc(-n2nccn2)c(Cl)c1. The molecule has 1 aromatic carbocycles. The van der Waals surface area contributed by atoms with Gasteiger partial charge in [0.1, 0.15) is 5.82 Å². The van der Waals surface area contributed by atoms with E-state index in [1.165, 1.54) is 42.4 Å². The van der Waals surface area contributed by atoms with E-state index >= 15 is 0 Å². The molecule has 0 aliphatic rings. The number of carbonyl (C=O) groups is 2. The minimum atomic E-state index is -0.370. The van der Waals surface area contributed by atoms with Crippen LogP contribution in [0.25, 0.3) is 16.7 Å². The fourth-order valence-electron chi connectivity index (χ4n) is 2.78. The Morgan fingerprint density at radius 3 is 2.52 bits per heavy atom. The topological polar surface area (TPSA) is 115 Å². The molecule has 0 radical (unpaired) electrons. The van der Waals surface area contributed by atoms with Crippen molar-refractivity contribution in [2.45, 2.75) is 6.92 Å². The Kier molecular flexibility index (Phi) is 6.83. The Labute approximate surface area is 181 Å². The Bertz CT molecular complexity index is 1230. The molecule has 9 nitrogen and oxygen atoms in total. The van der Waals surface area contributed by atoms with E-state index < -0.39 is 0 Å². The van der Waals surface area contributed by atoms with E-state index in [0.717, 1.165) is 0 Å². The summed E-state index contributed by atoms with van der Waals surface area (Å²) >= 11 is 5.94. The number of nitrogens with zero attached hydrogens (tertiary/aromatic N) is 5. The molecule has 0 bridgehead atoms. The van der Waals surface area contributed by atoms with Crippen LogP contribution in [0.5, 0.6) is 0 Å². The lowest BCUT2D eigenvalue weighted by Gasteiger charge is -2.09. The summed E-state index contributed by atoms with van der Waals surface area (Å²) in [6, 6.07) is 5.80. The number of amides is 1. The van der Waals surface area contributed by atoms with E-state index in [9.17, 15) is 14.0 Å². The smallest absolute Gasteiger partial charge is 0.211 e. The number of anilines is 2. The summed E-state index contributed by atoms with van der Waals surface area (Å²) in [7, 11) is 1.70. The summed E-state index contributed by atoms with van der Waals surface area (Å²) in [4.78, 5) is 31.2. The number of halogens is 2. The molecule has 0 unspecified atom stereocenters. The number of pyridine rings is 2. The molecule has 1 amide bonds. The molecule has 2 N–H and O–H groups in total. The summed E-state index contributed by atoms with van der Waals surface area (Å²) in [5.74, 6) is -0.0643. The normalized spacial score (nSPS) is 10.2. The van der Waals surface area contributed by atoms with Gasteiger partial charge in [-0.1, -0.05) is 11.6 Å². The second-order valence-corrected chi connectivity index (χ2v) is 6.53. The number of rotatable bonds is 5. The number of ketones is 1. The number of nitrogens with one attached hydrogen (secondary N) is 2. The summed E-state index contributed by atoms with van der Waals surface area (Å²) in [5.41, 5.74) is 2.23. The van der Waals surface area contributed by atoms with Crippen molar-refractivity contribution in [3.63, 3.8) is 0 Å². The summed E-state index contributed by atoms with van der Waals surface area (Å²) < 4.78 is 13.2. The molecule has 0 fully saturated rings. The Morgan fingerprint density at radius 1 is 1.16 bits per heavy atom. The standard InChI is InChI=1S/C12H11FN2O.C8H6ClN5O/c1-7(16)12-9-5-8(13)3-4-10(9)15-6-11(12)14-2;9-7-3-6(11-5-15)4-10-8(7)14-12-1-2-13-14/h3-6,14H,1-2H3;1-5H,(H,11,15). The highest BCUT2D eigenvalue weighted by molar-refractivity contribution is 6.32. The molecule has 4 rings (SSSR count). The van der Waals surface area contributed by atoms with Crippen LogP contribution in [0, 0.1) is 5.82 Å². The second-order valence-electron chi connectivity index (χ2n) is 6.12. The number of hydrogen-bond acceptors (Lipinski definition) is 7. The molecule has 11 heteroatoms. The van der Waals surface area contributed by atoms with Gasteiger partial charge in [-0.2, -0.15) is 10.2 Å². The average Bonchev–Trinajstić information content (AvgIpc) is 3.28. The first kappa shape index (κ1) is 21.8. The van der Waals surface area contributed by atoms with Gasteiger partial charge in [0.25, 0.3) is 0 Å². The number of hydrogen-bond donors (Lipinski definition) is 2. The zero-order chi connectivity index (χ0) is 22.4. The maximum Gasteiger partial charge on any atom is 0.211 e. The zero-order valence-corrected chi connectivity index (χ0v) is 17.3. The number of aromatic nitrogens is 5. The first-order valence-electron chi connectivity index (χ1n) is 8.94. The summed E-state index contributed by atoms with van der Waals surface area (Å²) in [6.07, 6.45) is 6.65. The van der Waals surface area contributed by atoms with Crippen molar-refractivity contribution >= 4 is 46.1 Å². The Balaban J connectivity index is 0.000000176. The van der Waals surface area contributed by atoms with Gasteiger partial charge >= 0.3 is 0 Å². The number of Topliss-reactive ketones (excluding diaryl/α,β-unsaturated/α-hetero) is 1. The zero-order valence-electron chi connectivity index (χ0n) is 16.5. The molecule has 3 aromatic heterocycles. The van der Waals surface area contributed by atoms with Crippen LogP contribution >= 0.6 is 11.6 Å². The van der Waals surface area contributed by atoms with Crippen LogP contribution in [0.1, 0.15) is 17.3 Å².